The van der Waals surface area contributed by atoms with Crippen LogP contribution in [0.3, 0.4) is 0 Å². The number of nitrogens with zero attached hydrogens (tertiary/aromatic N) is 2. The summed E-state index contributed by atoms with van der Waals surface area (Å²) in [6.07, 6.45) is -2.70. The first-order chi connectivity index (χ1) is 11.8. The predicted molar refractivity (Wildman–Crippen MR) is 86.8 cm³/mol. The number of sulfonamides is 1. The Bertz CT molecular complexity index is 837. The van der Waals surface area contributed by atoms with Crippen LogP contribution in [0.25, 0.3) is 0 Å². The number of ether oxygens (including phenoxy) is 1. The highest BCUT2D eigenvalue weighted by atomic mass is 32.2. The average Bonchev–Trinajstić information content (AvgIpc) is 3.04. The van der Waals surface area contributed by atoms with Gasteiger partial charge in [-0.05, 0) is 26.0 Å². The Labute approximate surface area is 144 Å². The standard InChI is InChI=1S/C16H19F2N3O3S/c1-10-3-5-12(6-4-10)25(22,23)21-8-11(2)24-14(9-21)13-7-19-20-15(13)16(17)18/h3-7,11,14,16H,8-9H2,1-2H3,(H,19,20)/t11-,14-/m1/s1. The Morgan fingerprint density at radius 1 is 1.28 bits per heavy atom. The van der Waals surface area contributed by atoms with Crippen molar-refractivity contribution in [3.8, 4) is 0 Å². The Morgan fingerprint density at radius 2 is 1.96 bits per heavy atom. The number of aryl methyl sites for hydroxylation is 1. The van der Waals surface area contributed by atoms with E-state index in [1.54, 1.807) is 31.2 Å². The zero-order valence-corrected chi connectivity index (χ0v) is 14.6. The number of halogens is 2. The van der Waals surface area contributed by atoms with Crippen molar-refractivity contribution in [2.75, 3.05) is 13.1 Å². The van der Waals surface area contributed by atoms with E-state index >= 15 is 0 Å². The minimum absolute atomic E-state index is 0.0419. The lowest BCUT2D eigenvalue weighted by molar-refractivity contribution is -0.0571. The van der Waals surface area contributed by atoms with Gasteiger partial charge in [0.05, 0.1) is 17.2 Å². The number of aromatic amines is 1. The van der Waals surface area contributed by atoms with Crippen molar-refractivity contribution in [2.45, 2.75) is 37.4 Å². The van der Waals surface area contributed by atoms with Gasteiger partial charge in [-0.2, -0.15) is 9.40 Å². The van der Waals surface area contributed by atoms with Crippen LogP contribution in [0.2, 0.25) is 0 Å². The van der Waals surface area contributed by atoms with Crippen molar-refractivity contribution in [1.82, 2.24) is 14.5 Å². The highest BCUT2D eigenvalue weighted by molar-refractivity contribution is 7.89. The second-order valence-corrected chi connectivity index (χ2v) is 8.05. The molecule has 136 valence electrons. The van der Waals surface area contributed by atoms with Crippen LogP contribution in [-0.2, 0) is 14.8 Å². The van der Waals surface area contributed by atoms with E-state index < -0.39 is 28.7 Å². The van der Waals surface area contributed by atoms with Crippen LogP contribution < -0.4 is 0 Å². The number of rotatable bonds is 4. The summed E-state index contributed by atoms with van der Waals surface area (Å²) in [6.45, 7) is 3.70. The fourth-order valence-corrected chi connectivity index (χ4v) is 4.39. The third kappa shape index (κ3) is 3.58. The van der Waals surface area contributed by atoms with Crippen molar-refractivity contribution in [1.29, 1.82) is 0 Å². The summed E-state index contributed by atoms with van der Waals surface area (Å²) in [5, 5.41) is 5.91. The molecule has 1 aromatic carbocycles. The molecule has 2 aromatic rings. The summed E-state index contributed by atoms with van der Waals surface area (Å²) in [4.78, 5) is 0.173. The Hall–Kier alpha value is -1.84. The predicted octanol–water partition coefficient (Wildman–Crippen LogP) is 2.81. The second kappa shape index (κ2) is 6.81. The molecule has 0 radical (unpaired) electrons. The summed E-state index contributed by atoms with van der Waals surface area (Å²) < 4.78 is 58.9. The minimum atomic E-state index is -3.73. The lowest BCUT2D eigenvalue weighted by Gasteiger charge is -2.36. The highest BCUT2D eigenvalue weighted by Crippen LogP contribution is 2.33. The normalized spacial score (nSPS) is 22.4. The first kappa shape index (κ1) is 18.0. The van der Waals surface area contributed by atoms with Crippen LogP contribution in [0, 0.1) is 6.92 Å². The van der Waals surface area contributed by atoms with Crippen molar-refractivity contribution >= 4 is 10.0 Å². The molecule has 0 aliphatic carbocycles. The molecule has 0 bridgehead atoms. The van der Waals surface area contributed by atoms with E-state index in [1.807, 2.05) is 6.92 Å². The van der Waals surface area contributed by atoms with Crippen molar-refractivity contribution in [2.24, 2.45) is 0 Å². The molecule has 0 unspecified atom stereocenters. The van der Waals surface area contributed by atoms with Gasteiger partial charge in [0, 0.05) is 18.7 Å². The Balaban J connectivity index is 1.90. The molecule has 1 fully saturated rings. The molecular weight excluding hydrogens is 352 g/mol. The molecule has 2 heterocycles. The van der Waals surface area contributed by atoms with Gasteiger partial charge < -0.3 is 4.74 Å². The number of H-pyrrole nitrogens is 1. The molecular formula is C16H19F2N3O3S. The average molecular weight is 371 g/mol. The van der Waals surface area contributed by atoms with Gasteiger partial charge in [0.15, 0.2) is 0 Å². The molecule has 6 nitrogen and oxygen atoms in total. The monoisotopic (exact) mass is 371 g/mol. The largest absolute Gasteiger partial charge is 0.368 e. The summed E-state index contributed by atoms with van der Waals surface area (Å²) >= 11 is 0. The van der Waals surface area contributed by atoms with Crippen LogP contribution in [0.4, 0.5) is 8.78 Å². The van der Waals surface area contributed by atoms with Crippen molar-refractivity contribution < 1.29 is 21.9 Å². The van der Waals surface area contributed by atoms with Crippen molar-refractivity contribution in [3.63, 3.8) is 0 Å². The summed E-state index contributed by atoms with van der Waals surface area (Å²) in [7, 11) is -3.73. The molecule has 1 aliphatic rings. The van der Waals surface area contributed by atoms with Crippen LogP contribution in [0.5, 0.6) is 0 Å². The lowest BCUT2D eigenvalue weighted by atomic mass is 10.1. The molecule has 2 atom stereocenters. The number of nitrogens with one attached hydrogen (secondary N) is 1. The van der Waals surface area contributed by atoms with Gasteiger partial charge in [-0.1, -0.05) is 17.7 Å². The molecule has 0 amide bonds. The maximum Gasteiger partial charge on any atom is 0.280 e. The molecule has 1 N–H and O–H groups in total. The first-order valence-corrected chi connectivity index (χ1v) is 9.26. The SMILES string of the molecule is Cc1ccc(S(=O)(=O)N2C[C@@H](C)O[C@@H](c3cn[nH]c3C(F)F)C2)cc1. The molecule has 25 heavy (non-hydrogen) atoms. The van der Waals surface area contributed by atoms with E-state index in [-0.39, 0.29) is 29.2 Å². The van der Waals surface area contributed by atoms with E-state index in [0.29, 0.717) is 0 Å². The maximum absolute atomic E-state index is 13.1. The minimum Gasteiger partial charge on any atom is -0.368 e. The lowest BCUT2D eigenvalue weighted by Crippen LogP contribution is -2.45. The topological polar surface area (TPSA) is 75.3 Å². The highest BCUT2D eigenvalue weighted by Gasteiger charge is 2.36. The second-order valence-electron chi connectivity index (χ2n) is 6.11. The van der Waals surface area contributed by atoms with Gasteiger partial charge in [-0.25, -0.2) is 17.2 Å². The maximum atomic E-state index is 13.1. The van der Waals surface area contributed by atoms with Gasteiger partial charge in [-0.3, -0.25) is 5.10 Å². The number of alkyl halides is 2. The third-order valence-corrected chi connectivity index (χ3v) is 6.00. The van der Waals surface area contributed by atoms with Crippen molar-refractivity contribution in [3.05, 3.63) is 47.3 Å². The number of morpholine rings is 1. The third-order valence-electron chi connectivity index (χ3n) is 4.15. The van der Waals surface area contributed by atoms with Gasteiger partial charge >= 0.3 is 0 Å². The van der Waals surface area contributed by atoms with Crippen LogP contribution in [0.1, 0.15) is 36.3 Å². The fourth-order valence-electron chi connectivity index (χ4n) is 2.88. The summed E-state index contributed by atoms with van der Waals surface area (Å²) in [6, 6.07) is 6.53. The van der Waals surface area contributed by atoms with E-state index in [9.17, 15) is 17.2 Å². The zero-order valence-electron chi connectivity index (χ0n) is 13.8. The van der Waals surface area contributed by atoms with E-state index in [0.717, 1.165) is 5.56 Å². The van der Waals surface area contributed by atoms with Crippen LogP contribution >= 0.6 is 0 Å². The van der Waals surface area contributed by atoms with Gasteiger partial charge in [0.25, 0.3) is 6.43 Å². The van der Waals surface area contributed by atoms with E-state index in [4.69, 9.17) is 4.74 Å². The number of benzene rings is 1. The molecule has 1 aromatic heterocycles. The fraction of sp³-hybridized carbons (Fsp3) is 0.438. The Kier molecular flexibility index (Phi) is 4.90. The van der Waals surface area contributed by atoms with Gasteiger partial charge in [0.1, 0.15) is 11.8 Å². The Morgan fingerprint density at radius 3 is 2.60 bits per heavy atom. The number of aromatic nitrogens is 2. The molecule has 0 saturated carbocycles. The molecule has 0 spiro atoms. The van der Waals surface area contributed by atoms with Crippen LogP contribution in [-0.4, -0.2) is 42.1 Å². The molecule has 1 aliphatic heterocycles. The molecule has 3 rings (SSSR count). The number of hydrogen-bond acceptors (Lipinski definition) is 4. The van der Waals surface area contributed by atoms with Gasteiger partial charge in [0.2, 0.25) is 10.0 Å². The van der Waals surface area contributed by atoms with E-state index in [2.05, 4.69) is 10.2 Å². The quantitative estimate of drug-likeness (QED) is 0.897. The zero-order chi connectivity index (χ0) is 18.2. The van der Waals surface area contributed by atoms with Gasteiger partial charge in [-0.15, -0.1) is 0 Å². The van der Waals surface area contributed by atoms with E-state index in [1.165, 1.54) is 10.5 Å². The first-order valence-electron chi connectivity index (χ1n) is 7.82. The smallest absolute Gasteiger partial charge is 0.280 e. The molecule has 9 heteroatoms. The summed E-state index contributed by atoms with van der Waals surface area (Å²) in [5.41, 5.74) is 0.796. The number of hydrogen-bond donors (Lipinski definition) is 1. The molecule has 1 saturated heterocycles. The summed E-state index contributed by atoms with van der Waals surface area (Å²) in [5.74, 6) is 0. The van der Waals surface area contributed by atoms with Crippen LogP contribution in [0.15, 0.2) is 35.4 Å².